The molecule has 0 aromatic rings. The Balaban J connectivity index is 4.37. The third-order valence-electron chi connectivity index (χ3n) is 9.68. The van der Waals surface area contributed by atoms with E-state index in [0.29, 0.717) is 19.3 Å². The zero-order valence-corrected chi connectivity index (χ0v) is 34.6. The second-order valence-corrected chi connectivity index (χ2v) is 15.0. The van der Waals surface area contributed by atoms with Crippen LogP contribution >= 0.6 is 0 Å². The van der Waals surface area contributed by atoms with Crippen LogP contribution in [0.2, 0.25) is 0 Å². The van der Waals surface area contributed by atoms with E-state index in [0.717, 1.165) is 77.0 Å². The maximum atomic E-state index is 12.7. The minimum absolute atomic E-state index is 0.0746. The lowest BCUT2D eigenvalue weighted by molar-refractivity contribution is -0.167. The molecule has 0 amide bonds. The van der Waals surface area contributed by atoms with Gasteiger partial charge < -0.3 is 14.2 Å². The molecule has 6 nitrogen and oxygen atoms in total. The van der Waals surface area contributed by atoms with Crippen LogP contribution in [0.5, 0.6) is 0 Å². The van der Waals surface area contributed by atoms with Crippen molar-refractivity contribution in [3.8, 4) is 0 Å². The number of hydrogen-bond donors (Lipinski definition) is 0. The fraction of sp³-hybridized carbons (Fsp3) is 0.848. The molecule has 0 fully saturated rings. The third kappa shape index (κ3) is 39.1. The predicted molar refractivity (Wildman–Crippen MR) is 219 cm³/mol. The van der Waals surface area contributed by atoms with E-state index in [1.54, 1.807) is 0 Å². The van der Waals surface area contributed by atoms with Gasteiger partial charge in [-0.3, -0.25) is 14.4 Å². The van der Waals surface area contributed by atoms with Crippen molar-refractivity contribution in [2.24, 2.45) is 0 Å². The van der Waals surface area contributed by atoms with Gasteiger partial charge in [-0.15, -0.1) is 0 Å². The van der Waals surface area contributed by atoms with Gasteiger partial charge in [-0.05, 0) is 57.8 Å². The Morgan fingerprint density at radius 2 is 0.654 bits per heavy atom. The number of rotatable bonds is 40. The van der Waals surface area contributed by atoms with E-state index in [9.17, 15) is 14.4 Å². The Kier molecular flexibility index (Phi) is 40.0. The summed E-state index contributed by atoms with van der Waals surface area (Å²) in [5, 5.41) is 0. The number of esters is 3. The minimum Gasteiger partial charge on any atom is -0.462 e. The number of unbranched alkanes of at least 4 members (excludes halogenated alkanes) is 25. The molecule has 1 unspecified atom stereocenters. The van der Waals surface area contributed by atoms with Crippen molar-refractivity contribution in [1.82, 2.24) is 0 Å². The summed E-state index contributed by atoms with van der Waals surface area (Å²) in [5.74, 6) is -0.892. The van der Waals surface area contributed by atoms with Gasteiger partial charge in [0, 0.05) is 19.3 Å². The lowest BCUT2D eigenvalue weighted by Gasteiger charge is -2.18. The molecule has 304 valence electrons. The smallest absolute Gasteiger partial charge is 0.306 e. The Labute approximate surface area is 322 Å². The summed E-state index contributed by atoms with van der Waals surface area (Å²) in [6.45, 7) is 6.54. The van der Waals surface area contributed by atoms with Gasteiger partial charge >= 0.3 is 17.9 Å². The number of hydrogen-bond acceptors (Lipinski definition) is 6. The van der Waals surface area contributed by atoms with Crippen molar-refractivity contribution in [3.63, 3.8) is 0 Å². The van der Waals surface area contributed by atoms with E-state index in [1.165, 1.54) is 116 Å². The number of carbonyl (C=O) groups is 3. The predicted octanol–water partition coefficient (Wildman–Crippen LogP) is 14.0. The van der Waals surface area contributed by atoms with Crippen LogP contribution in [-0.4, -0.2) is 37.2 Å². The SMILES string of the molecule is CCCC/C=C\CCCCCCCC(=O)OCC(COC(=O)CCCCCCCCCCCCCC)OC(=O)CCCCCCC/C=C\CCCC. The zero-order chi connectivity index (χ0) is 38.0. The Morgan fingerprint density at radius 1 is 0.365 bits per heavy atom. The first-order valence-electron chi connectivity index (χ1n) is 22.3. The molecule has 0 spiro atoms. The Morgan fingerprint density at radius 3 is 1.02 bits per heavy atom. The molecule has 0 aliphatic carbocycles. The van der Waals surface area contributed by atoms with E-state index in [-0.39, 0.29) is 31.1 Å². The maximum Gasteiger partial charge on any atom is 0.306 e. The van der Waals surface area contributed by atoms with Gasteiger partial charge in [0.2, 0.25) is 0 Å². The van der Waals surface area contributed by atoms with Crippen LogP contribution in [0.1, 0.15) is 233 Å². The molecule has 0 heterocycles. The quantitative estimate of drug-likeness (QED) is 0.0270. The summed E-state index contributed by atoms with van der Waals surface area (Å²) in [4.78, 5) is 37.6. The van der Waals surface area contributed by atoms with Gasteiger partial charge in [0.25, 0.3) is 0 Å². The zero-order valence-electron chi connectivity index (χ0n) is 34.6. The standard InChI is InChI=1S/C46H84O6/c1-4-7-10-13-16-19-22-25-27-30-33-36-39-45(48)51-42-43(52-46(49)40-37-34-31-28-24-21-18-15-12-9-6-3)41-50-44(47)38-35-32-29-26-23-20-17-14-11-8-5-2/h14-15,17-18,43H,4-13,16,19-42H2,1-3H3/b17-14-,18-15-. The normalized spacial score (nSPS) is 12.1. The van der Waals surface area contributed by atoms with Crippen molar-refractivity contribution in [1.29, 1.82) is 0 Å². The van der Waals surface area contributed by atoms with Crippen LogP contribution in [0.3, 0.4) is 0 Å². The number of allylic oxidation sites excluding steroid dienone is 4. The van der Waals surface area contributed by atoms with Crippen LogP contribution in [-0.2, 0) is 28.6 Å². The van der Waals surface area contributed by atoms with Crippen LogP contribution in [0.25, 0.3) is 0 Å². The molecule has 0 aromatic heterocycles. The Hall–Kier alpha value is -2.11. The molecule has 0 aromatic carbocycles. The van der Waals surface area contributed by atoms with Gasteiger partial charge in [-0.1, -0.05) is 180 Å². The highest BCUT2D eigenvalue weighted by Gasteiger charge is 2.19. The molecule has 0 aliphatic rings. The molecule has 0 aliphatic heterocycles. The average molecular weight is 733 g/mol. The van der Waals surface area contributed by atoms with Gasteiger partial charge in [0.15, 0.2) is 6.10 Å². The molecule has 1 atom stereocenters. The molecule has 6 heteroatoms. The lowest BCUT2D eigenvalue weighted by Crippen LogP contribution is -2.30. The molecule has 52 heavy (non-hydrogen) atoms. The topological polar surface area (TPSA) is 78.9 Å². The third-order valence-corrected chi connectivity index (χ3v) is 9.68. The maximum absolute atomic E-state index is 12.7. The molecule has 0 saturated carbocycles. The molecule has 0 bridgehead atoms. The molecular weight excluding hydrogens is 648 g/mol. The van der Waals surface area contributed by atoms with Crippen LogP contribution < -0.4 is 0 Å². The summed E-state index contributed by atoms with van der Waals surface area (Å²) < 4.78 is 16.7. The van der Waals surface area contributed by atoms with Gasteiger partial charge in [-0.2, -0.15) is 0 Å². The minimum atomic E-state index is -0.771. The second-order valence-electron chi connectivity index (χ2n) is 15.0. The molecule has 0 N–H and O–H groups in total. The number of carbonyl (C=O) groups excluding carboxylic acids is 3. The first-order chi connectivity index (χ1) is 25.5. The van der Waals surface area contributed by atoms with E-state index >= 15 is 0 Å². The van der Waals surface area contributed by atoms with E-state index in [2.05, 4.69) is 45.1 Å². The summed E-state index contributed by atoms with van der Waals surface area (Å²) in [6, 6.07) is 0. The molecular formula is C46H84O6. The van der Waals surface area contributed by atoms with Crippen LogP contribution in [0, 0.1) is 0 Å². The molecule has 0 radical (unpaired) electrons. The highest BCUT2D eigenvalue weighted by atomic mass is 16.6. The lowest BCUT2D eigenvalue weighted by atomic mass is 10.0. The van der Waals surface area contributed by atoms with E-state index < -0.39 is 6.10 Å². The highest BCUT2D eigenvalue weighted by molar-refractivity contribution is 5.71. The van der Waals surface area contributed by atoms with Crippen molar-refractivity contribution in [2.75, 3.05) is 13.2 Å². The Bertz CT molecular complexity index is 850. The first-order valence-corrected chi connectivity index (χ1v) is 22.3. The summed E-state index contributed by atoms with van der Waals surface area (Å²) >= 11 is 0. The number of ether oxygens (including phenoxy) is 3. The average Bonchev–Trinajstić information content (AvgIpc) is 3.14. The molecule has 0 rings (SSSR count). The summed E-state index contributed by atoms with van der Waals surface area (Å²) in [7, 11) is 0. The van der Waals surface area contributed by atoms with Gasteiger partial charge in [0.1, 0.15) is 13.2 Å². The molecule has 0 saturated heterocycles. The van der Waals surface area contributed by atoms with Crippen molar-refractivity contribution >= 4 is 17.9 Å². The van der Waals surface area contributed by atoms with Crippen LogP contribution in [0.15, 0.2) is 24.3 Å². The van der Waals surface area contributed by atoms with Gasteiger partial charge in [0.05, 0.1) is 0 Å². The first kappa shape index (κ1) is 49.9. The fourth-order valence-corrected chi connectivity index (χ4v) is 6.23. The van der Waals surface area contributed by atoms with Crippen LogP contribution in [0.4, 0.5) is 0 Å². The van der Waals surface area contributed by atoms with Crippen molar-refractivity contribution < 1.29 is 28.6 Å². The fourth-order valence-electron chi connectivity index (χ4n) is 6.23. The van der Waals surface area contributed by atoms with Gasteiger partial charge in [-0.25, -0.2) is 0 Å². The largest absolute Gasteiger partial charge is 0.462 e. The second kappa shape index (κ2) is 41.6. The van der Waals surface area contributed by atoms with Crippen molar-refractivity contribution in [3.05, 3.63) is 24.3 Å². The highest BCUT2D eigenvalue weighted by Crippen LogP contribution is 2.14. The van der Waals surface area contributed by atoms with E-state index in [1.807, 2.05) is 0 Å². The van der Waals surface area contributed by atoms with Crippen molar-refractivity contribution in [2.45, 2.75) is 239 Å². The van der Waals surface area contributed by atoms with E-state index in [4.69, 9.17) is 14.2 Å². The monoisotopic (exact) mass is 733 g/mol. The summed E-state index contributed by atoms with van der Waals surface area (Å²) in [5.41, 5.74) is 0. The summed E-state index contributed by atoms with van der Waals surface area (Å²) in [6.07, 6.45) is 44.4.